The van der Waals surface area contributed by atoms with Crippen LogP contribution < -0.4 is 52.4 Å². The highest BCUT2D eigenvalue weighted by Crippen LogP contribution is 2.45. The molecule has 0 aliphatic carbocycles. The minimum Gasteiger partial charge on any atom is -0.493 e. The molecule has 30 nitrogen and oxygen atoms in total. The quantitative estimate of drug-likeness (QED) is 0.0182. The van der Waals surface area contributed by atoms with Crippen LogP contribution in [0.2, 0.25) is 0 Å². The Bertz CT molecular complexity index is 5560. The lowest BCUT2D eigenvalue weighted by Gasteiger charge is -2.32. The summed E-state index contributed by atoms with van der Waals surface area (Å²) >= 11 is 13.0. The number of nitrogens with zero attached hydrogens (tertiary/aromatic N) is 20. The van der Waals surface area contributed by atoms with E-state index in [0.717, 1.165) is 159 Å². The highest BCUT2D eigenvalue weighted by Gasteiger charge is 2.27. The van der Waals surface area contributed by atoms with Gasteiger partial charge in [0.15, 0.2) is 32.1 Å². The fourth-order valence-electron chi connectivity index (χ4n) is 14.9. The Morgan fingerprint density at radius 1 is 0.354 bits per heavy atom. The summed E-state index contributed by atoms with van der Waals surface area (Å²) in [6.45, 7) is 40.5. The molecule has 0 radical (unpaired) electrons. The lowest BCUT2D eigenvalue weighted by Crippen LogP contribution is -2.45. The maximum atomic E-state index is 6.21. The lowest BCUT2D eigenvalue weighted by molar-refractivity contribution is 0.133. The predicted molar refractivity (Wildman–Crippen MR) is 533 cm³/mol. The number of thiazole rings is 4. The summed E-state index contributed by atoms with van der Waals surface area (Å²) in [6.07, 6.45) is 15.2. The smallest absolute Gasteiger partial charge is 0.213 e. The van der Waals surface area contributed by atoms with Gasteiger partial charge in [0.05, 0.1) is 50.9 Å². The van der Waals surface area contributed by atoms with Crippen LogP contribution in [0.3, 0.4) is 0 Å². The Labute approximate surface area is 796 Å². The molecule has 10 N–H and O–H groups in total. The van der Waals surface area contributed by atoms with E-state index in [0.29, 0.717) is 93.8 Å². The summed E-state index contributed by atoms with van der Waals surface area (Å²) in [5, 5.41) is 6.85. The van der Waals surface area contributed by atoms with Crippen LogP contribution in [0.25, 0.3) is 42.3 Å². The van der Waals surface area contributed by atoms with Crippen molar-refractivity contribution in [2.24, 2.45) is 0 Å². The number of nitrogen functional groups attached to an aromatic ring is 5. The van der Waals surface area contributed by atoms with Crippen molar-refractivity contribution in [3.63, 3.8) is 0 Å². The molecule has 692 valence electrons. The van der Waals surface area contributed by atoms with Crippen molar-refractivity contribution in [3.8, 4) is 71.4 Å². The van der Waals surface area contributed by atoms with Gasteiger partial charge < -0.3 is 57.3 Å². The number of nitrogens with two attached hydrogens (primary N) is 5. The number of aryl methyl sites for hydroxylation is 7. The molecule has 0 saturated carbocycles. The number of piperazine rings is 1. The number of likely N-dealkylation sites (N-methyl/N-ethyl adjacent to an activating group) is 1. The molecule has 15 heterocycles. The van der Waals surface area contributed by atoms with E-state index in [1.54, 1.807) is 131 Å². The van der Waals surface area contributed by atoms with Gasteiger partial charge in [-0.2, -0.15) is 0 Å². The van der Waals surface area contributed by atoms with Gasteiger partial charge in [0.2, 0.25) is 17.6 Å². The normalized spacial score (nSPS) is 15.4. The van der Waals surface area contributed by atoms with Crippen molar-refractivity contribution >= 4 is 121 Å². The van der Waals surface area contributed by atoms with E-state index in [4.69, 9.17) is 72.3 Å². The number of hydrogen-bond acceptors (Lipinski definition) is 38. The van der Waals surface area contributed by atoms with Gasteiger partial charge in [-0.05, 0) is 190 Å². The van der Waals surface area contributed by atoms with Gasteiger partial charge in [0, 0.05) is 172 Å². The number of piperidine rings is 1. The van der Waals surface area contributed by atoms with Crippen molar-refractivity contribution in [2.45, 2.75) is 169 Å². The largest absolute Gasteiger partial charge is 0.493 e. The molecule has 11 aromatic heterocycles. The Morgan fingerprint density at radius 3 is 1.05 bits per heavy atom. The molecule has 12 aromatic rings. The second kappa shape index (κ2) is 48.4. The molecule has 4 atom stereocenters. The Morgan fingerprint density at radius 2 is 0.685 bits per heavy atom. The zero-order valence-electron chi connectivity index (χ0n) is 76.6. The molecule has 4 unspecified atom stereocenters. The third-order valence-electron chi connectivity index (χ3n) is 21.9. The summed E-state index contributed by atoms with van der Waals surface area (Å²) in [5.41, 5.74) is 40.2. The lowest BCUT2D eigenvalue weighted by atomic mass is 10.1. The molecular formula is C92H121N25O5S8. The standard InChI is InChI=1S/C26H37N7O2S2.C23H30N6OS2.C22H28N6OS2.C21H26N6OS2/c1-5-6-21-24(17(2)36-26-29-22(27)16-23(28)30-26)31-25(37-21)18-7-8-19(34-4)20(15-18)35-14-13-33-11-9-32(3)10-12-33;1-15-13-19(24)27-23(26-15)32-17(3)21-16(2)31-22(28-21)18-7-8-25-20(14-18)30-12-11-29-9-5-4-6-10-29;1-14-12-18(23)26-22(25-14)31-16(3)20-15(2)30-21(27-20)17-6-7-24-19(13-17)29-11-10-28-8-4-5-9-28;1-13-11-17(22)25-21(24-13)30-15(3)19-14(2)29-20(26-19)16-5-6-23-18(12-16)28-10-9-27-7-4-8-27/h7-8,15-17H,5-6,9-14H2,1-4H3,(H4,27,28,29,30);7-8,13-14,17H,4-6,9-12H2,1-3H3,(H2,24,26,27);6-7,12-13,16H,4-5,8-11H2,1-3H3,(H2,23,25,26);5-6,11-12,15H,4,7-10H2,1-3H3,(H2,22,24,25). The summed E-state index contributed by atoms with van der Waals surface area (Å²) in [4.78, 5) is 85.0. The number of likely N-dealkylation sites (tertiary alicyclic amines) is 3. The van der Waals surface area contributed by atoms with E-state index in [1.165, 1.54) is 109 Å². The maximum Gasteiger partial charge on any atom is 0.213 e. The molecule has 4 aliphatic heterocycles. The van der Waals surface area contributed by atoms with E-state index >= 15 is 0 Å². The van der Waals surface area contributed by atoms with E-state index in [9.17, 15) is 0 Å². The summed E-state index contributed by atoms with van der Waals surface area (Å²) < 4.78 is 29.5. The number of aromatic nitrogens is 15. The van der Waals surface area contributed by atoms with Crippen LogP contribution in [-0.2, 0) is 6.42 Å². The third-order valence-corrected chi connectivity index (χ3v) is 30.0. The van der Waals surface area contributed by atoms with Crippen molar-refractivity contribution in [1.82, 2.24) is 99.3 Å². The van der Waals surface area contributed by atoms with Gasteiger partial charge in [0.1, 0.15) is 75.5 Å². The minimum absolute atomic E-state index is 0.0466. The van der Waals surface area contributed by atoms with Crippen LogP contribution >= 0.6 is 92.4 Å². The molecule has 4 fully saturated rings. The summed E-state index contributed by atoms with van der Waals surface area (Å²) in [7, 11) is 3.84. The average Bonchev–Trinajstić information content (AvgIpc) is 1.68. The Balaban J connectivity index is 0.000000148. The van der Waals surface area contributed by atoms with Crippen molar-refractivity contribution < 1.29 is 23.7 Å². The number of thioether (sulfide) groups is 4. The van der Waals surface area contributed by atoms with Crippen molar-refractivity contribution in [1.29, 1.82) is 0 Å². The zero-order chi connectivity index (χ0) is 91.7. The van der Waals surface area contributed by atoms with Crippen LogP contribution in [0.5, 0.6) is 29.1 Å². The van der Waals surface area contributed by atoms with Gasteiger partial charge in [-0.25, -0.2) is 74.8 Å². The molecule has 16 rings (SSSR count). The van der Waals surface area contributed by atoms with Gasteiger partial charge in [-0.15, -0.1) is 45.3 Å². The van der Waals surface area contributed by atoms with Gasteiger partial charge in [-0.1, -0.05) is 66.8 Å². The first-order chi connectivity index (χ1) is 62.8. The van der Waals surface area contributed by atoms with E-state index in [2.05, 4.69) is 142 Å². The van der Waals surface area contributed by atoms with Crippen LogP contribution in [-0.4, -0.2) is 231 Å². The fourth-order valence-corrected chi connectivity index (χ4v) is 23.5. The highest BCUT2D eigenvalue weighted by molar-refractivity contribution is 8.00. The minimum atomic E-state index is 0.0466. The average molecular weight is 1910 g/mol. The number of rotatable bonds is 35. The number of benzene rings is 1. The molecule has 0 spiro atoms. The number of hydrogen-bond donors (Lipinski definition) is 5. The molecule has 0 amide bonds. The predicted octanol–water partition coefficient (Wildman–Crippen LogP) is 17.8. The molecule has 4 saturated heterocycles. The van der Waals surface area contributed by atoms with E-state index in [-0.39, 0.29) is 21.0 Å². The fraction of sp³-hybridized carbons (Fsp3) is 0.467. The van der Waals surface area contributed by atoms with E-state index in [1.807, 2.05) is 75.4 Å². The summed E-state index contributed by atoms with van der Waals surface area (Å²) in [6, 6.07) is 24.8. The van der Waals surface area contributed by atoms with Crippen LogP contribution in [0.1, 0.15) is 160 Å². The Hall–Kier alpha value is -9.29. The molecule has 1 aromatic carbocycles. The first-order valence-corrected chi connectivity index (χ1v) is 51.1. The highest BCUT2D eigenvalue weighted by atomic mass is 32.2. The van der Waals surface area contributed by atoms with Crippen molar-refractivity contribution in [2.75, 3.05) is 161 Å². The summed E-state index contributed by atoms with van der Waals surface area (Å²) in [5.74, 6) is 5.64. The monoisotopic (exact) mass is 1910 g/mol. The molecular weight excluding hydrogens is 1790 g/mol. The van der Waals surface area contributed by atoms with Gasteiger partial charge in [0.25, 0.3) is 0 Å². The second-order valence-electron chi connectivity index (χ2n) is 32.3. The van der Waals surface area contributed by atoms with Crippen LogP contribution in [0, 0.1) is 41.5 Å². The molecule has 0 bridgehead atoms. The van der Waals surface area contributed by atoms with Crippen molar-refractivity contribution in [3.05, 3.63) is 157 Å². The van der Waals surface area contributed by atoms with Gasteiger partial charge in [-0.3, -0.25) is 19.6 Å². The van der Waals surface area contributed by atoms with Crippen LogP contribution in [0.15, 0.2) is 118 Å². The SMILES string of the molecule is CCCc1sc(-c2ccc(OC)c(OCCN3CCN(C)CC3)c2)nc1C(C)Sc1nc(N)cc(N)n1.Cc1cc(N)nc(SC(C)c2nc(-c3ccnc(OCCN4CCC4)c3)sc2C)n1.Cc1cc(N)nc(SC(C)c2nc(-c3ccnc(OCCN4CCCC4)c3)sc2C)n1.Cc1cc(N)nc(SC(C)c2nc(-c3ccnc(OCCN4CCCCC4)c3)sc2C)n1. The molecule has 130 heavy (non-hydrogen) atoms. The Kier molecular flexibility index (Phi) is 36.6. The number of anilines is 5. The topological polar surface area (TPSA) is 386 Å². The van der Waals surface area contributed by atoms with Crippen LogP contribution in [0.4, 0.5) is 29.1 Å². The second-order valence-corrected chi connectivity index (χ2v) is 42.3. The number of methoxy groups -OCH3 is 1. The number of ether oxygens (including phenoxy) is 5. The molecule has 38 heteroatoms. The third kappa shape index (κ3) is 29.1. The number of pyridine rings is 3. The maximum absolute atomic E-state index is 6.21. The first kappa shape index (κ1) is 98.2. The zero-order valence-corrected chi connectivity index (χ0v) is 83.1. The first-order valence-electron chi connectivity index (χ1n) is 44.3. The molecule has 4 aliphatic rings. The van der Waals surface area contributed by atoms with Gasteiger partial charge >= 0.3 is 0 Å². The van der Waals surface area contributed by atoms with E-state index < -0.39 is 0 Å².